The molecule has 2 saturated carbocycles. The molecule has 22 atom stereocenters. The molecule has 24 nitrogen and oxygen atoms in total. The van der Waals surface area contributed by atoms with Crippen molar-refractivity contribution in [2.45, 2.75) is 208 Å². The van der Waals surface area contributed by atoms with E-state index in [1.165, 1.54) is 39.0 Å². The number of halogens is 1. The van der Waals surface area contributed by atoms with Gasteiger partial charge in [0, 0.05) is 63.1 Å². The van der Waals surface area contributed by atoms with Crippen LogP contribution in [0.15, 0.2) is 23.3 Å². The molecule has 0 amide bonds. The Balaban J connectivity index is 1.03. The Bertz CT molecular complexity index is 2960. The van der Waals surface area contributed by atoms with E-state index in [4.69, 9.17) is 56.9 Å². The smallest absolute Gasteiger partial charge is 0.320 e. The topological polar surface area (TPSA) is 324 Å². The number of ether oxygens (including phenoxy) is 11. The van der Waals surface area contributed by atoms with E-state index in [9.17, 15) is 49.8 Å². The number of Topliss-reactive ketones (excluding diaryl/α,β-unsaturated/α-hetero) is 2. The van der Waals surface area contributed by atoms with Crippen molar-refractivity contribution in [3.63, 3.8) is 0 Å². The van der Waals surface area contributed by atoms with E-state index in [2.05, 4.69) is 34.5 Å². The number of methoxy groups -OCH3 is 4. The van der Waals surface area contributed by atoms with Crippen LogP contribution in [-0.2, 0) is 57.1 Å². The number of hydroxylamine groups is 1. The van der Waals surface area contributed by atoms with E-state index in [0.29, 0.717) is 26.8 Å². The molecule has 1 aromatic carbocycles. The zero-order valence-corrected chi connectivity index (χ0v) is 56.6. The van der Waals surface area contributed by atoms with Crippen LogP contribution in [0.1, 0.15) is 97.0 Å². The number of ketones is 2. The van der Waals surface area contributed by atoms with Crippen LogP contribution in [0.25, 0.3) is 0 Å². The van der Waals surface area contributed by atoms with Gasteiger partial charge < -0.3 is 92.9 Å². The van der Waals surface area contributed by atoms with Crippen molar-refractivity contribution < 1.29 is 107 Å². The van der Waals surface area contributed by atoms with E-state index >= 15 is 0 Å². The maximum atomic E-state index is 14.5. The number of hydrogen-bond acceptors (Lipinski definition) is 26. The molecule has 494 valence electrons. The fourth-order valence-electron chi connectivity index (χ4n) is 12.7. The van der Waals surface area contributed by atoms with Crippen LogP contribution < -0.4 is 25.0 Å². The number of rotatable bonds is 24. The minimum atomic E-state index is -1.86. The lowest BCUT2D eigenvalue weighted by Crippen LogP contribution is -2.69. The largest absolute Gasteiger partial charge is 0.492 e. The minimum absolute atomic E-state index is 0.0239. The molecule has 0 bridgehead atoms. The minimum Gasteiger partial charge on any atom is -0.492 e. The lowest BCUT2D eigenvalue weighted by molar-refractivity contribution is -0.342. The summed E-state index contributed by atoms with van der Waals surface area (Å²) >= 11 is 2.83. The van der Waals surface area contributed by atoms with E-state index in [1.807, 2.05) is 29.5 Å². The molecular formula is C61H83IN2O22S3. The van der Waals surface area contributed by atoms with Gasteiger partial charge in [0.25, 0.3) is 0 Å². The fourth-order valence-corrected chi connectivity index (χ4v) is 16.7. The number of carbonyl (C=O) groups is 4. The number of carbonyl (C=O) groups excluding carboxylic acids is 3. The van der Waals surface area contributed by atoms with Gasteiger partial charge in [0.1, 0.15) is 58.5 Å². The Morgan fingerprint density at radius 3 is 2.25 bits per heavy atom. The maximum absolute atomic E-state index is 14.5. The Morgan fingerprint density at radius 1 is 0.899 bits per heavy atom. The number of nitrogens with one attached hydrogen (secondary N) is 2. The van der Waals surface area contributed by atoms with Gasteiger partial charge in [0.05, 0.1) is 83.2 Å². The molecule has 28 heteroatoms. The molecule has 4 heterocycles. The Morgan fingerprint density at radius 2 is 1.61 bits per heavy atom. The highest BCUT2D eigenvalue weighted by Crippen LogP contribution is 2.70. The number of thioether (sulfide) groups is 1. The Labute approximate surface area is 544 Å². The molecule has 8 N–H and O–H groups in total. The molecular weight excluding hydrogens is 1340 g/mol. The zero-order chi connectivity index (χ0) is 65.2. The Hall–Kier alpha value is -3.16. The molecule has 0 aromatic heterocycles. The second-order valence-corrected chi connectivity index (χ2v) is 28.9. The third-order valence-corrected chi connectivity index (χ3v) is 23.2. The number of hydrogen-bond donors (Lipinski definition) is 8. The molecule has 1 aromatic rings. The van der Waals surface area contributed by atoms with Gasteiger partial charge in [-0.1, -0.05) is 70.0 Å². The molecule has 3 aliphatic carbocycles. The van der Waals surface area contributed by atoms with Gasteiger partial charge in [0.2, 0.25) is 17.2 Å². The van der Waals surface area contributed by atoms with Gasteiger partial charge in [-0.05, 0) is 102 Å². The van der Waals surface area contributed by atoms with Gasteiger partial charge in [-0.2, -0.15) is 5.48 Å². The van der Waals surface area contributed by atoms with Crippen LogP contribution in [-0.4, -0.2) is 221 Å². The summed E-state index contributed by atoms with van der Waals surface area (Å²) in [5.74, 6) is 9.32. The lowest BCUT2D eigenvalue weighted by atomic mass is 9.44. The maximum Gasteiger partial charge on any atom is 0.320 e. The monoisotopic (exact) mass is 1420 g/mol. The Kier molecular flexibility index (Phi) is 24.2. The number of carboxylic acid groups (broad SMARTS) is 1. The van der Waals surface area contributed by atoms with Crippen molar-refractivity contribution in [1.29, 1.82) is 0 Å². The van der Waals surface area contributed by atoms with Crippen molar-refractivity contribution in [1.82, 2.24) is 10.8 Å². The molecule has 0 radical (unpaired) electrons. The summed E-state index contributed by atoms with van der Waals surface area (Å²) in [5, 5.41) is 70.8. The van der Waals surface area contributed by atoms with Crippen LogP contribution in [0, 0.1) is 51.4 Å². The highest BCUT2D eigenvalue weighted by atomic mass is 127. The fraction of sp³-hybridized carbons (Fsp3) is 0.705. The first-order chi connectivity index (χ1) is 42.1. The summed E-state index contributed by atoms with van der Waals surface area (Å²) in [5.41, 5.74) is 0.945. The van der Waals surface area contributed by atoms with Gasteiger partial charge in [-0.25, -0.2) is 0 Å². The average Bonchev–Trinajstić information content (AvgIpc) is 1.56. The highest BCUT2D eigenvalue weighted by molar-refractivity contribution is 14.1. The molecule has 4 saturated heterocycles. The summed E-state index contributed by atoms with van der Waals surface area (Å²) in [7, 11) is 8.03. The summed E-state index contributed by atoms with van der Waals surface area (Å²) in [4.78, 5) is 59.9. The average molecular weight is 1420 g/mol. The van der Waals surface area contributed by atoms with Crippen molar-refractivity contribution in [2.24, 2.45) is 17.3 Å². The van der Waals surface area contributed by atoms with Crippen molar-refractivity contribution in [2.75, 3.05) is 47.3 Å². The van der Waals surface area contributed by atoms with Crippen LogP contribution in [0.2, 0.25) is 0 Å². The van der Waals surface area contributed by atoms with Crippen LogP contribution in [0.5, 0.6) is 17.2 Å². The standard InChI is InChI=1S/C61H83IN2O22S3/c1-14-63-35-26-79-40(24-39(35)75-10)84-52-47(69)45(30(5)81-57(52)83-38-17-15-16-27(2)18-20-60-34(22-28(3)65)37(67)25-61(60,74)33(43(38)60)19-21-87-89-59(8,9)58(72)73)64-86-41-23-36(66)54(32(7)80-41)88-55(71)42-29(4)44(62)50(53(78-13)49(42)76-11)85-56-48(70)51(77-12)46(68)31(6)82-56/h16,19,30-32,34-36,38-41,43,45-48,51-52,54,56-57,63-64,66,68-70,74H,14,21-26H2,1-13H3,(H,72,73)/b27-16-,33-19+/t30-,31+,32-,34?,35+,36+,38+,39+,40+,41+,43?,45-,46+,47+,48-,51-,52-,54-,56+,57+,60?,61+/m1/s1. The molecule has 6 fully saturated rings. The van der Waals surface area contributed by atoms with Crippen LogP contribution >= 0.6 is 55.9 Å². The summed E-state index contributed by atoms with van der Waals surface area (Å²) in [6, 6.07) is -1.26. The predicted octanol–water partition coefficient (Wildman–Crippen LogP) is 3.77. The van der Waals surface area contributed by atoms with E-state index in [0.717, 1.165) is 22.6 Å². The summed E-state index contributed by atoms with van der Waals surface area (Å²) in [6.07, 6.45) is -13.8. The molecule has 1 spiro atoms. The number of carboxylic acids is 1. The van der Waals surface area contributed by atoms with Crippen LogP contribution in [0.3, 0.4) is 0 Å². The van der Waals surface area contributed by atoms with Gasteiger partial charge in [0.15, 0.2) is 30.4 Å². The first-order valence-electron chi connectivity index (χ1n) is 29.5. The first-order valence-corrected chi connectivity index (χ1v) is 33.7. The molecule has 89 heavy (non-hydrogen) atoms. The first kappa shape index (κ1) is 71.7. The lowest BCUT2D eigenvalue weighted by Gasteiger charge is -2.60. The van der Waals surface area contributed by atoms with Crippen molar-refractivity contribution >= 4 is 78.6 Å². The number of aliphatic hydroxyl groups excluding tert-OH is 4. The third-order valence-electron chi connectivity index (χ3n) is 17.5. The molecule has 8 rings (SSSR count). The molecule has 4 aliphatic heterocycles. The highest BCUT2D eigenvalue weighted by Gasteiger charge is 2.78. The SMILES string of the molecule is CCN[C@H]1CO[C@@H](O[C@H]2[C@H](O[C@H]3C#C/C=C(/C)C#CC45C(CC(C)=O)C(=O)C[C@]4(O)/C(=C/CSSC(C)(C)C(=O)O)C35)O[C@H](C)[C@@H](NO[C@H]3C[C@H](O)[C@H](SC(=O)c4c(C)c(I)c(O[C@@H]5O[C@@H](C)[C@H](O)[C@@H](OC)[C@H]5O)c(OC)c4OC)[C@@H](C)O3)[C@@H]2O)C[C@@H]1OC. The summed E-state index contributed by atoms with van der Waals surface area (Å²) in [6.45, 7) is 15.7. The van der Waals surface area contributed by atoms with E-state index < -0.39 is 136 Å². The van der Waals surface area contributed by atoms with Crippen LogP contribution in [0.4, 0.5) is 0 Å². The molecule has 3 unspecified atom stereocenters. The van der Waals surface area contributed by atoms with Gasteiger partial charge in [-0.3, -0.25) is 19.2 Å². The van der Waals surface area contributed by atoms with Gasteiger partial charge >= 0.3 is 5.97 Å². The van der Waals surface area contributed by atoms with Crippen molar-refractivity contribution in [3.05, 3.63) is 38.0 Å². The summed E-state index contributed by atoms with van der Waals surface area (Å²) < 4.78 is 67.0. The number of aliphatic hydroxyl groups is 5. The number of aliphatic carboxylic acids is 1. The van der Waals surface area contributed by atoms with Gasteiger partial charge in [-0.15, -0.1) is 0 Å². The second-order valence-electron chi connectivity index (χ2n) is 23.7. The quantitative estimate of drug-likeness (QED) is 0.0182. The van der Waals surface area contributed by atoms with E-state index in [1.54, 1.807) is 67.7 Å². The normalized spacial score (nSPS) is 38.8. The second kappa shape index (κ2) is 30.1. The van der Waals surface area contributed by atoms with E-state index in [-0.39, 0.29) is 84.6 Å². The third kappa shape index (κ3) is 14.6. The number of likely N-dealkylation sites (N-methyl/N-ethyl adjacent to an activating group) is 1. The predicted molar refractivity (Wildman–Crippen MR) is 335 cm³/mol. The van der Waals surface area contributed by atoms with Crippen molar-refractivity contribution in [3.8, 4) is 40.9 Å². The molecule has 7 aliphatic rings. The zero-order valence-electron chi connectivity index (χ0n) is 52.0. The number of benzene rings is 1. The number of allylic oxidation sites excluding steroid dienone is 2.